The lowest BCUT2D eigenvalue weighted by atomic mass is 10.4. The predicted octanol–water partition coefficient (Wildman–Crippen LogP) is 0.929. The van der Waals surface area contributed by atoms with Crippen molar-refractivity contribution < 1.29 is 9.21 Å². The third-order valence-corrected chi connectivity index (χ3v) is 0.989. The maximum absolute atomic E-state index is 10.4. The SMILES string of the molecule is [C-]#[N+]c1ccoc1C(N)=O. The van der Waals surface area contributed by atoms with Crippen LogP contribution in [0.3, 0.4) is 0 Å². The van der Waals surface area contributed by atoms with E-state index in [0.29, 0.717) is 0 Å². The summed E-state index contributed by atoms with van der Waals surface area (Å²) in [5.74, 6) is -0.786. The average Bonchev–Trinajstić information content (AvgIpc) is 2.33. The second-order valence-electron chi connectivity index (χ2n) is 1.61. The second-order valence-corrected chi connectivity index (χ2v) is 1.61. The van der Waals surface area contributed by atoms with Crippen molar-refractivity contribution in [3.63, 3.8) is 0 Å². The Morgan fingerprint density at radius 1 is 1.80 bits per heavy atom. The third kappa shape index (κ3) is 0.845. The Hall–Kier alpha value is -1.76. The Labute approximate surface area is 57.1 Å². The summed E-state index contributed by atoms with van der Waals surface area (Å²) in [6.07, 6.45) is 1.26. The van der Waals surface area contributed by atoms with E-state index in [2.05, 4.69) is 9.26 Å². The van der Waals surface area contributed by atoms with Crippen molar-refractivity contribution in [3.05, 3.63) is 29.5 Å². The van der Waals surface area contributed by atoms with Crippen molar-refractivity contribution >= 4 is 11.6 Å². The molecule has 0 aliphatic rings. The molecular weight excluding hydrogens is 132 g/mol. The first-order valence-electron chi connectivity index (χ1n) is 2.50. The Bertz CT molecular complexity index is 295. The van der Waals surface area contributed by atoms with Gasteiger partial charge in [0.2, 0.25) is 5.69 Å². The number of amides is 1. The molecule has 1 aromatic heterocycles. The number of carbonyl (C=O) groups excluding carboxylic acids is 1. The highest BCUT2D eigenvalue weighted by Gasteiger charge is 2.10. The fraction of sp³-hybridized carbons (Fsp3) is 0. The summed E-state index contributed by atoms with van der Waals surface area (Å²) in [6.45, 7) is 6.55. The van der Waals surface area contributed by atoms with Gasteiger partial charge in [-0.05, 0) is 6.07 Å². The highest BCUT2D eigenvalue weighted by molar-refractivity contribution is 5.95. The fourth-order valence-electron chi connectivity index (χ4n) is 0.575. The van der Waals surface area contributed by atoms with Gasteiger partial charge in [-0.25, -0.2) is 4.85 Å². The molecule has 0 unspecified atom stereocenters. The van der Waals surface area contributed by atoms with E-state index < -0.39 is 5.91 Å². The molecule has 1 aromatic rings. The predicted molar refractivity (Wildman–Crippen MR) is 33.5 cm³/mol. The number of nitrogens with two attached hydrogens (primary N) is 1. The summed E-state index contributed by atoms with van der Waals surface area (Å²) in [5, 5.41) is 0. The minimum absolute atomic E-state index is 0.0741. The van der Waals surface area contributed by atoms with E-state index >= 15 is 0 Å². The van der Waals surface area contributed by atoms with E-state index in [0.717, 1.165) is 0 Å². The lowest BCUT2D eigenvalue weighted by molar-refractivity contribution is 0.0975. The van der Waals surface area contributed by atoms with Gasteiger partial charge < -0.3 is 10.2 Å². The molecule has 0 spiro atoms. The van der Waals surface area contributed by atoms with Crippen LogP contribution < -0.4 is 5.73 Å². The van der Waals surface area contributed by atoms with Gasteiger partial charge in [-0.2, -0.15) is 0 Å². The van der Waals surface area contributed by atoms with E-state index in [9.17, 15) is 4.79 Å². The number of nitrogens with zero attached hydrogens (tertiary/aromatic N) is 1. The average molecular weight is 136 g/mol. The van der Waals surface area contributed by atoms with Crippen molar-refractivity contribution in [1.82, 2.24) is 0 Å². The van der Waals surface area contributed by atoms with Gasteiger partial charge >= 0.3 is 0 Å². The molecule has 0 bridgehead atoms. The summed E-state index contributed by atoms with van der Waals surface area (Å²) < 4.78 is 4.63. The minimum atomic E-state index is -0.712. The summed E-state index contributed by atoms with van der Waals surface area (Å²) in [4.78, 5) is 13.4. The fourth-order valence-corrected chi connectivity index (χ4v) is 0.575. The smallest absolute Gasteiger partial charge is 0.273 e. The lowest BCUT2D eigenvalue weighted by Gasteiger charge is -1.85. The number of furan rings is 1. The van der Waals surface area contributed by atoms with Gasteiger partial charge in [0.25, 0.3) is 5.91 Å². The monoisotopic (exact) mass is 136 g/mol. The summed E-state index contributed by atoms with van der Waals surface area (Å²) in [7, 11) is 0. The van der Waals surface area contributed by atoms with E-state index in [1.165, 1.54) is 12.3 Å². The van der Waals surface area contributed by atoms with Gasteiger partial charge in [-0.1, -0.05) is 0 Å². The van der Waals surface area contributed by atoms with Crippen LogP contribution in [0.5, 0.6) is 0 Å². The van der Waals surface area contributed by atoms with Crippen LogP contribution in [0.25, 0.3) is 4.85 Å². The van der Waals surface area contributed by atoms with E-state index in [1.807, 2.05) is 0 Å². The quantitative estimate of drug-likeness (QED) is 0.583. The topological polar surface area (TPSA) is 60.6 Å². The van der Waals surface area contributed by atoms with E-state index in [1.54, 1.807) is 0 Å². The number of carbonyl (C=O) groups is 1. The van der Waals surface area contributed by atoms with Crippen molar-refractivity contribution in [2.24, 2.45) is 5.73 Å². The van der Waals surface area contributed by atoms with Gasteiger partial charge in [-0.15, -0.1) is 0 Å². The molecule has 0 atom stereocenters. The molecule has 0 aliphatic heterocycles. The van der Waals surface area contributed by atoms with E-state index in [-0.39, 0.29) is 11.4 Å². The van der Waals surface area contributed by atoms with Crippen molar-refractivity contribution in [1.29, 1.82) is 0 Å². The zero-order chi connectivity index (χ0) is 7.56. The molecule has 0 radical (unpaired) electrons. The highest BCUT2D eigenvalue weighted by atomic mass is 16.3. The molecule has 10 heavy (non-hydrogen) atoms. The maximum Gasteiger partial charge on any atom is 0.273 e. The van der Waals surface area contributed by atoms with Crippen LogP contribution in [0.15, 0.2) is 16.7 Å². The van der Waals surface area contributed by atoms with Crippen LogP contribution in [0, 0.1) is 6.57 Å². The third-order valence-electron chi connectivity index (χ3n) is 0.989. The Morgan fingerprint density at radius 2 is 2.50 bits per heavy atom. The molecule has 0 aliphatic carbocycles. The lowest BCUT2D eigenvalue weighted by Crippen LogP contribution is -2.09. The van der Waals surface area contributed by atoms with Gasteiger partial charge in [0.1, 0.15) is 0 Å². The normalized spacial score (nSPS) is 8.70. The number of hydrogen-bond donors (Lipinski definition) is 1. The summed E-state index contributed by atoms with van der Waals surface area (Å²) in [5.41, 5.74) is 5.02. The van der Waals surface area contributed by atoms with Crippen LogP contribution in [-0.2, 0) is 0 Å². The molecule has 0 saturated heterocycles. The zero-order valence-corrected chi connectivity index (χ0v) is 5.00. The number of rotatable bonds is 1. The number of primary amides is 1. The Kier molecular flexibility index (Phi) is 1.42. The molecule has 4 nitrogen and oxygen atoms in total. The van der Waals surface area contributed by atoms with Crippen molar-refractivity contribution in [2.45, 2.75) is 0 Å². The largest absolute Gasteiger partial charge is 0.472 e. The first-order valence-corrected chi connectivity index (χ1v) is 2.50. The molecule has 4 heteroatoms. The number of hydrogen-bond acceptors (Lipinski definition) is 2. The van der Waals surface area contributed by atoms with Gasteiger partial charge in [0, 0.05) is 0 Å². The van der Waals surface area contributed by atoms with Gasteiger partial charge in [0.15, 0.2) is 5.76 Å². The van der Waals surface area contributed by atoms with Crippen molar-refractivity contribution in [3.8, 4) is 0 Å². The first-order chi connectivity index (χ1) is 4.75. The van der Waals surface area contributed by atoms with Crippen LogP contribution in [-0.4, -0.2) is 5.91 Å². The summed E-state index contributed by atoms with van der Waals surface area (Å²) in [6, 6.07) is 1.40. The zero-order valence-electron chi connectivity index (χ0n) is 5.00. The molecule has 0 aromatic carbocycles. The molecule has 50 valence electrons. The molecule has 0 saturated carbocycles. The molecule has 0 fully saturated rings. The maximum atomic E-state index is 10.4. The molecule has 1 heterocycles. The van der Waals surface area contributed by atoms with Crippen LogP contribution in [0.4, 0.5) is 5.69 Å². The second kappa shape index (κ2) is 2.23. The Morgan fingerprint density at radius 3 is 2.90 bits per heavy atom. The molecule has 2 N–H and O–H groups in total. The van der Waals surface area contributed by atoms with Crippen molar-refractivity contribution in [2.75, 3.05) is 0 Å². The Balaban J connectivity index is 3.17. The molecule has 1 rings (SSSR count). The summed E-state index contributed by atoms with van der Waals surface area (Å²) >= 11 is 0. The highest BCUT2D eigenvalue weighted by Crippen LogP contribution is 2.18. The molecule has 1 amide bonds. The van der Waals surface area contributed by atoms with Crippen LogP contribution in [0.2, 0.25) is 0 Å². The minimum Gasteiger partial charge on any atom is -0.472 e. The van der Waals surface area contributed by atoms with Gasteiger partial charge in [0.05, 0.1) is 12.8 Å². The van der Waals surface area contributed by atoms with Crippen LogP contribution in [0.1, 0.15) is 10.6 Å². The van der Waals surface area contributed by atoms with E-state index in [4.69, 9.17) is 12.3 Å². The first kappa shape index (κ1) is 6.36. The van der Waals surface area contributed by atoms with Crippen LogP contribution >= 0.6 is 0 Å². The van der Waals surface area contributed by atoms with Gasteiger partial charge in [-0.3, -0.25) is 4.79 Å². The standard InChI is InChI=1S/C6H4N2O2/c1-8-4-2-3-10-5(4)6(7)9/h2-3H,(H2,7,9). The molecular formula is C6H4N2O2.